The molecular formula is C13H22ClN3O2. The summed E-state index contributed by atoms with van der Waals surface area (Å²) in [6.45, 7) is 8.16. The number of aromatic nitrogens is 2. The third kappa shape index (κ3) is 3.94. The summed E-state index contributed by atoms with van der Waals surface area (Å²) in [6.07, 6.45) is 3.08. The van der Waals surface area contributed by atoms with E-state index < -0.39 is 11.5 Å². The van der Waals surface area contributed by atoms with Gasteiger partial charge in [-0.3, -0.25) is 9.48 Å². The summed E-state index contributed by atoms with van der Waals surface area (Å²) in [7, 11) is 0. The van der Waals surface area contributed by atoms with E-state index in [0.717, 1.165) is 12.1 Å². The first-order valence-corrected chi connectivity index (χ1v) is 6.87. The second-order valence-corrected chi connectivity index (χ2v) is 5.57. The van der Waals surface area contributed by atoms with Crippen molar-refractivity contribution in [3.05, 3.63) is 16.9 Å². The topological polar surface area (TPSA) is 67.2 Å². The standard InChI is InChI=1S/C13H22ClN3O2/c1-5-6-15-13(4,12(18)19)7-9(2)17-8-11(14)10(3)16-17/h8-9,15H,5-7H2,1-4H3,(H,18,19). The molecule has 0 fully saturated rings. The van der Waals surface area contributed by atoms with Gasteiger partial charge >= 0.3 is 5.97 Å². The number of carboxylic acid groups (broad SMARTS) is 1. The molecule has 19 heavy (non-hydrogen) atoms. The summed E-state index contributed by atoms with van der Waals surface area (Å²) >= 11 is 5.98. The van der Waals surface area contributed by atoms with Gasteiger partial charge in [-0.15, -0.1) is 0 Å². The van der Waals surface area contributed by atoms with Gasteiger partial charge in [-0.25, -0.2) is 0 Å². The van der Waals surface area contributed by atoms with Crippen LogP contribution in [0.15, 0.2) is 6.20 Å². The quantitative estimate of drug-likeness (QED) is 0.809. The molecule has 2 unspecified atom stereocenters. The van der Waals surface area contributed by atoms with Crippen molar-refractivity contribution >= 4 is 17.6 Å². The third-order valence-electron chi connectivity index (χ3n) is 3.25. The predicted molar refractivity (Wildman–Crippen MR) is 75.6 cm³/mol. The lowest BCUT2D eigenvalue weighted by molar-refractivity contribution is -0.144. The van der Waals surface area contributed by atoms with Crippen LogP contribution in [-0.4, -0.2) is 32.9 Å². The fourth-order valence-corrected chi connectivity index (χ4v) is 2.14. The van der Waals surface area contributed by atoms with Gasteiger partial charge in [-0.1, -0.05) is 18.5 Å². The summed E-state index contributed by atoms with van der Waals surface area (Å²) < 4.78 is 1.73. The Balaban J connectivity index is 2.81. The van der Waals surface area contributed by atoms with E-state index in [0.29, 0.717) is 18.0 Å². The van der Waals surface area contributed by atoms with E-state index in [1.807, 2.05) is 20.8 Å². The van der Waals surface area contributed by atoms with E-state index in [1.165, 1.54) is 0 Å². The van der Waals surface area contributed by atoms with Gasteiger partial charge in [0.2, 0.25) is 0 Å². The minimum absolute atomic E-state index is 0.0448. The Kier molecular flexibility index (Phi) is 5.38. The Bertz CT molecular complexity index is 428. The van der Waals surface area contributed by atoms with Crippen molar-refractivity contribution in [2.24, 2.45) is 0 Å². The zero-order valence-electron chi connectivity index (χ0n) is 11.9. The number of carboxylic acids is 1. The summed E-state index contributed by atoms with van der Waals surface area (Å²) in [5, 5.41) is 17.4. The molecule has 0 saturated heterocycles. The van der Waals surface area contributed by atoms with E-state index in [9.17, 15) is 9.90 Å². The number of halogens is 1. The average Bonchev–Trinajstić information content (AvgIpc) is 2.67. The maximum absolute atomic E-state index is 11.4. The zero-order chi connectivity index (χ0) is 14.6. The second kappa shape index (κ2) is 6.39. The monoisotopic (exact) mass is 287 g/mol. The van der Waals surface area contributed by atoms with E-state index >= 15 is 0 Å². The first kappa shape index (κ1) is 16.0. The van der Waals surface area contributed by atoms with E-state index in [2.05, 4.69) is 10.4 Å². The highest BCUT2D eigenvalue weighted by atomic mass is 35.5. The van der Waals surface area contributed by atoms with Crippen LogP contribution in [0.1, 0.15) is 45.3 Å². The van der Waals surface area contributed by atoms with Crippen LogP contribution in [-0.2, 0) is 4.79 Å². The zero-order valence-corrected chi connectivity index (χ0v) is 12.7. The molecule has 1 aromatic rings. The van der Waals surface area contributed by atoms with Gasteiger partial charge in [0.15, 0.2) is 0 Å². The Morgan fingerprint density at radius 2 is 2.32 bits per heavy atom. The van der Waals surface area contributed by atoms with Gasteiger partial charge in [0.1, 0.15) is 5.54 Å². The molecule has 1 aromatic heterocycles. The summed E-state index contributed by atoms with van der Waals surface area (Å²) in [5.41, 5.74) is -0.200. The minimum atomic E-state index is -0.957. The molecule has 0 saturated carbocycles. The van der Waals surface area contributed by atoms with E-state index in [-0.39, 0.29) is 6.04 Å². The van der Waals surface area contributed by atoms with Gasteiger partial charge in [0, 0.05) is 6.20 Å². The molecule has 0 aromatic carbocycles. The number of aliphatic carboxylic acids is 1. The van der Waals surface area contributed by atoms with Crippen LogP contribution in [0.4, 0.5) is 0 Å². The number of carbonyl (C=O) groups is 1. The molecule has 1 heterocycles. The van der Waals surface area contributed by atoms with Crippen LogP contribution >= 0.6 is 11.6 Å². The van der Waals surface area contributed by atoms with Crippen molar-refractivity contribution in [1.29, 1.82) is 0 Å². The van der Waals surface area contributed by atoms with Gasteiger partial charge in [-0.05, 0) is 40.2 Å². The smallest absolute Gasteiger partial charge is 0.323 e. The SMILES string of the molecule is CCCNC(C)(CC(C)n1cc(Cl)c(C)n1)C(=O)O. The predicted octanol–water partition coefficient (Wildman–Crippen LogP) is 2.64. The minimum Gasteiger partial charge on any atom is -0.480 e. The molecule has 2 atom stereocenters. The number of rotatable bonds is 7. The number of nitrogens with one attached hydrogen (secondary N) is 1. The summed E-state index contributed by atoms with van der Waals surface area (Å²) in [6, 6.07) is -0.0448. The molecule has 0 amide bonds. The number of hydrogen-bond donors (Lipinski definition) is 2. The van der Waals surface area contributed by atoms with Crippen molar-refractivity contribution in [1.82, 2.24) is 15.1 Å². The van der Waals surface area contributed by atoms with Crippen LogP contribution in [0.5, 0.6) is 0 Å². The first-order chi connectivity index (χ1) is 8.80. The van der Waals surface area contributed by atoms with Gasteiger partial charge < -0.3 is 10.4 Å². The lowest BCUT2D eigenvalue weighted by Gasteiger charge is -2.29. The molecule has 0 spiro atoms. The lowest BCUT2D eigenvalue weighted by Crippen LogP contribution is -2.51. The van der Waals surface area contributed by atoms with Crippen LogP contribution in [0.2, 0.25) is 5.02 Å². The van der Waals surface area contributed by atoms with Crippen molar-refractivity contribution in [3.8, 4) is 0 Å². The Morgan fingerprint density at radius 1 is 1.68 bits per heavy atom. The van der Waals surface area contributed by atoms with Crippen molar-refractivity contribution in [2.45, 2.75) is 52.1 Å². The largest absolute Gasteiger partial charge is 0.480 e. The molecule has 5 nitrogen and oxygen atoms in total. The highest BCUT2D eigenvalue weighted by Gasteiger charge is 2.34. The third-order valence-corrected chi connectivity index (χ3v) is 3.62. The highest BCUT2D eigenvalue weighted by molar-refractivity contribution is 6.31. The molecular weight excluding hydrogens is 266 g/mol. The van der Waals surface area contributed by atoms with Crippen molar-refractivity contribution < 1.29 is 9.90 Å². The van der Waals surface area contributed by atoms with Gasteiger partial charge in [0.25, 0.3) is 0 Å². The fraction of sp³-hybridized carbons (Fsp3) is 0.692. The number of nitrogens with zero attached hydrogens (tertiary/aromatic N) is 2. The van der Waals surface area contributed by atoms with E-state index in [4.69, 9.17) is 11.6 Å². The Labute approximate surface area is 118 Å². The fourth-order valence-electron chi connectivity index (χ4n) is 2.01. The molecule has 1 rings (SSSR count). The molecule has 0 aliphatic rings. The molecule has 108 valence electrons. The highest BCUT2D eigenvalue weighted by Crippen LogP contribution is 2.23. The van der Waals surface area contributed by atoms with Crippen LogP contribution in [0.3, 0.4) is 0 Å². The second-order valence-electron chi connectivity index (χ2n) is 5.16. The lowest BCUT2D eigenvalue weighted by atomic mass is 9.93. The molecule has 0 aliphatic carbocycles. The average molecular weight is 288 g/mol. The number of aryl methyl sites for hydroxylation is 1. The Hall–Kier alpha value is -1.07. The number of hydrogen-bond acceptors (Lipinski definition) is 3. The van der Waals surface area contributed by atoms with Gasteiger partial charge in [-0.2, -0.15) is 5.10 Å². The van der Waals surface area contributed by atoms with Crippen LogP contribution in [0, 0.1) is 6.92 Å². The van der Waals surface area contributed by atoms with Crippen LogP contribution < -0.4 is 5.32 Å². The van der Waals surface area contributed by atoms with Gasteiger partial charge in [0.05, 0.1) is 16.8 Å². The summed E-state index contributed by atoms with van der Waals surface area (Å²) in [4.78, 5) is 11.4. The first-order valence-electron chi connectivity index (χ1n) is 6.50. The Morgan fingerprint density at radius 3 is 2.74 bits per heavy atom. The van der Waals surface area contributed by atoms with E-state index in [1.54, 1.807) is 17.8 Å². The van der Waals surface area contributed by atoms with Crippen molar-refractivity contribution in [2.75, 3.05) is 6.54 Å². The van der Waals surface area contributed by atoms with Crippen LogP contribution in [0.25, 0.3) is 0 Å². The summed E-state index contributed by atoms with van der Waals surface area (Å²) in [5.74, 6) is -0.845. The maximum Gasteiger partial charge on any atom is 0.323 e. The molecule has 0 radical (unpaired) electrons. The normalized spacial score (nSPS) is 16.1. The van der Waals surface area contributed by atoms with Crippen molar-refractivity contribution in [3.63, 3.8) is 0 Å². The maximum atomic E-state index is 11.4. The molecule has 0 aliphatic heterocycles. The molecule has 2 N–H and O–H groups in total. The molecule has 0 bridgehead atoms. The molecule has 6 heteroatoms.